The molecule has 1 atom stereocenters. The molecular formula is C26H22FN3O5S. The molecule has 0 spiro atoms. The first kappa shape index (κ1) is 24.9. The Morgan fingerprint density at radius 3 is 2.33 bits per heavy atom. The average molecular weight is 508 g/mol. The quantitative estimate of drug-likeness (QED) is 0.458. The highest BCUT2D eigenvalue weighted by Gasteiger charge is 2.39. The number of halogens is 1. The number of carbonyl (C=O) groups is 3. The number of thioether (sulfide) groups is 1. The molecule has 3 aromatic rings. The number of carboxylic acid groups (broad SMARTS) is 1. The van der Waals surface area contributed by atoms with Crippen molar-refractivity contribution in [1.29, 1.82) is 0 Å². The zero-order valence-electron chi connectivity index (χ0n) is 19.2. The summed E-state index contributed by atoms with van der Waals surface area (Å²) in [5.41, 5.74) is 1.86. The van der Waals surface area contributed by atoms with Gasteiger partial charge in [-0.05, 0) is 66.2 Å². The van der Waals surface area contributed by atoms with Crippen molar-refractivity contribution in [1.82, 2.24) is 4.90 Å². The fourth-order valence-electron chi connectivity index (χ4n) is 3.49. The van der Waals surface area contributed by atoms with Gasteiger partial charge in [-0.25, -0.2) is 14.2 Å². The Kier molecular flexibility index (Phi) is 7.65. The maximum atomic E-state index is 13.4. The number of carbonyl (C=O) groups excluding carboxylic acids is 2. The fourth-order valence-corrected chi connectivity index (χ4v) is 4.64. The highest BCUT2D eigenvalue weighted by Crippen LogP contribution is 2.33. The Hall–Kier alpha value is -4.18. The number of nitrogens with zero attached hydrogens (tertiary/aromatic N) is 2. The van der Waals surface area contributed by atoms with E-state index in [4.69, 9.17) is 9.84 Å². The smallest absolute Gasteiger partial charge is 0.335 e. The number of amidine groups is 1. The van der Waals surface area contributed by atoms with E-state index in [2.05, 4.69) is 10.3 Å². The number of amides is 2. The highest BCUT2D eigenvalue weighted by molar-refractivity contribution is 8.15. The van der Waals surface area contributed by atoms with E-state index in [1.54, 1.807) is 43.5 Å². The summed E-state index contributed by atoms with van der Waals surface area (Å²) in [6.45, 7) is 0.176. The van der Waals surface area contributed by atoms with E-state index in [1.165, 1.54) is 53.1 Å². The van der Waals surface area contributed by atoms with Gasteiger partial charge >= 0.3 is 5.97 Å². The molecule has 36 heavy (non-hydrogen) atoms. The average Bonchev–Trinajstić information content (AvgIpc) is 3.14. The Morgan fingerprint density at radius 2 is 1.72 bits per heavy atom. The predicted molar refractivity (Wildman–Crippen MR) is 135 cm³/mol. The van der Waals surface area contributed by atoms with Crippen LogP contribution in [0.4, 0.5) is 15.8 Å². The molecule has 1 aliphatic heterocycles. The van der Waals surface area contributed by atoms with Crippen LogP contribution in [0, 0.1) is 5.82 Å². The van der Waals surface area contributed by atoms with Crippen molar-refractivity contribution in [3.63, 3.8) is 0 Å². The molecule has 0 aliphatic carbocycles. The minimum Gasteiger partial charge on any atom is -0.497 e. The van der Waals surface area contributed by atoms with Crippen molar-refractivity contribution < 1.29 is 28.6 Å². The molecule has 1 unspecified atom stereocenters. The van der Waals surface area contributed by atoms with Gasteiger partial charge in [0.15, 0.2) is 5.17 Å². The van der Waals surface area contributed by atoms with E-state index in [0.29, 0.717) is 22.3 Å². The lowest BCUT2D eigenvalue weighted by Gasteiger charge is -2.16. The predicted octanol–water partition coefficient (Wildman–Crippen LogP) is 4.69. The van der Waals surface area contributed by atoms with Gasteiger partial charge in [0.05, 0.1) is 24.9 Å². The van der Waals surface area contributed by atoms with Crippen LogP contribution in [-0.2, 0) is 16.1 Å². The van der Waals surface area contributed by atoms with E-state index in [0.717, 1.165) is 5.56 Å². The highest BCUT2D eigenvalue weighted by atomic mass is 32.2. The summed E-state index contributed by atoms with van der Waals surface area (Å²) >= 11 is 1.18. The molecule has 10 heteroatoms. The minimum atomic E-state index is -1.06. The lowest BCUT2D eigenvalue weighted by atomic mass is 10.2. The summed E-state index contributed by atoms with van der Waals surface area (Å²) < 4.78 is 18.5. The molecule has 0 bridgehead atoms. The van der Waals surface area contributed by atoms with Gasteiger partial charge in [0.1, 0.15) is 16.8 Å². The Bertz CT molecular complexity index is 1290. The summed E-state index contributed by atoms with van der Waals surface area (Å²) in [5.74, 6) is -1.45. The number of ether oxygens (including phenoxy) is 1. The number of aliphatic imine (C=N–C) groups is 1. The van der Waals surface area contributed by atoms with Crippen LogP contribution in [0.2, 0.25) is 0 Å². The monoisotopic (exact) mass is 507 g/mol. The molecule has 2 amide bonds. The molecule has 8 nitrogen and oxygen atoms in total. The summed E-state index contributed by atoms with van der Waals surface area (Å²) in [4.78, 5) is 43.0. The molecule has 3 aromatic carbocycles. The third-order valence-corrected chi connectivity index (χ3v) is 6.53. The van der Waals surface area contributed by atoms with Crippen LogP contribution >= 0.6 is 11.8 Å². The molecule has 1 heterocycles. The molecule has 1 saturated heterocycles. The van der Waals surface area contributed by atoms with Crippen LogP contribution in [0.1, 0.15) is 22.3 Å². The molecule has 184 valence electrons. The first-order chi connectivity index (χ1) is 17.3. The number of rotatable bonds is 8. The standard InChI is InChI=1S/C26H22FN3O5S/c1-35-21-12-10-20(11-13-21)29-26-30(15-16-2-6-18(27)7-3-16)24(32)22(36-26)14-23(31)28-19-8-4-17(5-9-19)25(33)34/h2-13,22H,14-15H2,1H3,(H,28,31)(H,33,34). The number of nitrogens with one attached hydrogen (secondary N) is 1. The van der Waals surface area contributed by atoms with E-state index in [1.807, 2.05) is 0 Å². The summed E-state index contributed by atoms with van der Waals surface area (Å²) in [6, 6.07) is 18.6. The van der Waals surface area contributed by atoms with Gasteiger partial charge in [0, 0.05) is 12.1 Å². The topological polar surface area (TPSA) is 108 Å². The number of methoxy groups -OCH3 is 1. The van der Waals surface area contributed by atoms with E-state index in [9.17, 15) is 18.8 Å². The van der Waals surface area contributed by atoms with Crippen LogP contribution in [0.3, 0.4) is 0 Å². The maximum Gasteiger partial charge on any atom is 0.335 e. The maximum absolute atomic E-state index is 13.4. The number of carboxylic acids is 1. The van der Waals surface area contributed by atoms with E-state index < -0.39 is 17.1 Å². The zero-order chi connectivity index (χ0) is 25.7. The van der Waals surface area contributed by atoms with Gasteiger partial charge in [-0.3, -0.25) is 14.5 Å². The fraction of sp³-hybridized carbons (Fsp3) is 0.154. The molecular weight excluding hydrogens is 485 g/mol. The molecule has 2 N–H and O–H groups in total. The van der Waals surface area contributed by atoms with Crippen LogP contribution in [-0.4, -0.2) is 45.3 Å². The third kappa shape index (κ3) is 6.08. The minimum absolute atomic E-state index is 0.102. The number of anilines is 1. The first-order valence-corrected chi connectivity index (χ1v) is 11.8. The molecule has 0 aromatic heterocycles. The first-order valence-electron chi connectivity index (χ1n) is 10.9. The largest absolute Gasteiger partial charge is 0.497 e. The summed E-state index contributed by atoms with van der Waals surface area (Å²) in [6.07, 6.45) is -0.105. The van der Waals surface area contributed by atoms with Gasteiger partial charge < -0.3 is 15.2 Å². The number of aromatic carboxylic acids is 1. The lowest BCUT2D eigenvalue weighted by Crippen LogP contribution is -2.33. The number of hydrogen-bond acceptors (Lipinski definition) is 6. The van der Waals surface area contributed by atoms with Crippen LogP contribution in [0.25, 0.3) is 0 Å². The Morgan fingerprint density at radius 1 is 1.06 bits per heavy atom. The zero-order valence-corrected chi connectivity index (χ0v) is 20.0. The second-order valence-corrected chi connectivity index (χ2v) is 9.05. The molecule has 4 rings (SSSR count). The van der Waals surface area contributed by atoms with Gasteiger partial charge in [-0.15, -0.1) is 0 Å². The van der Waals surface area contributed by atoms with Gasteiger partial charge in [-0.1, -0.05) is 23.9 Å². The lowest BCUT2D eigenvalue weighted by molar-refractivity contribution is -0.128. The second-order valence-electron chi connectivity index (χ2n) is 7.88. The summed E-state index contributed by atoms with van der Waals surface area (Å²) in [5, 5.41) is 11.4. The van der Waals surface area contributed by atoms with Crippen LogP contribution in [0.5, 0.6) is 5.75 Å². The Labute approximate surface area is 210 Å². The normalized spacial score (nSPS) is 16.3. The van der Waals surface area contributed by atoms with Crippen LogP contribution in [0.15, 0.2) is 77.8 Å². The molecule has 0 radical (unpaired) electrons. The van der Waals surface area contributed by atoms with Crippen molar-refractivity contribution >= 4 is 46.1 Å². The van der Waals surface area contributed by atoms with Crippen molar-refractivity contribution in [2.24, 2.45) is 4.99 Å². The van der Waals surface area contributed by atoms with Gasteiger partial charge in [0.2, 0.25) is 11.8 Å². The van der Waals surface area contributed by atoms with E-state index in [-0.39, 0.29) is 30.3 Å². The van der Waals surface area contributed by atoms with Crippen molar-refractivity contribution in [2.45, 2.75) is 18.2 Å². The second kappa shape index (κ2) is 11.0. The number of benzene rings is 3. The van der Waals surface area contributed by atoms with Gasteiger partial charge in [0.25, 0.3) is 0 Å². The van der Waals surface area contributed by atoms with Crippen molar-refractivity contribution in [3.05, 3.63) is 89.7 Å². The third-order valence-electron chi connectivity index (χ3n) is 5.36. The number of hydrogen-bond donors (Lipinski definition) is 2. The van der Waals surface area contributed by atoms with Crippen LogP contribution < -0.4 is 10.1 Å². The SMILES string of the molecule is COc1ccc(N=C2SC(CC(=O)Nc3ccc(C(=O)O)cc3)C(=O)N2Cc2ccc(F)cc2)cc1. The van der Waals surface area contributed by atoms with Gasteiger partial charge in [-0.2, -0.15) is 0 Å². The molecule has 1 aliphatic rings. The van der Waals surface area contributed by atoms with E-state index >= 15 is 0 Å². The summed E-state index contributed by atoms with van der Waals surface area (Å²) in [7, 11) is 1.56. The Balaban J connectivity index is 1.52. The molecule has 1 fully saturated rings. The molecule has 0 saturated carbocycles. The van der Waals surface area contributed by atoms with Crippen molar-refractivity contribution in [2.75, 3.05) is 12.4 Å². The van der Waals surface area contributed by atoms with Crippen molar-refractivity contribution in [3.8, 4) is 5.75 Å².